The Morgan fingerprint density at radius 2 is 2.54 bits per heavy atom. The van der Waals surface area contributed by atoms with Gasteiger partial charge >= 0.3 is 0 Å². The van der Waals surface area contributed by atoms with Gasteiger partial charge in [0, 0.05) is 4.88 Å². The first-order valence-corrected chi connectivity index (χ1v) is 5.58. The number of thiophene rings is 1. The molecule has 0 saturated carbocycles. The van der Waals surface area contributed by atoms with E-state index in [0.29, 0.717) is 0 Å². The Morgan fingerprint density at radius 3 is 3.00 bits per heavy atom. The van der Waals surface area contributed by atoms with E-state index in [2.05, 4.69) is 5.32 Å². The second-order valence-corrected chi connectivity index (χ2v) is 3.92. The fourth-order valence-corrected chi connectivity index (χ4v) is 2.04. The second-order valence-electron chi connectivity index (χ2n) is 2.68. The van der Waals surface area contributed by atoms with Crippen molar-refractivity contribution in [2.45, 2.75) is 19.4 Å². The van der Waals surface area contributed by atoms with Crippen LogP contribution in [0.1, 0.15) is 24.3 Å². The lowest BCUT2D eigenvalue weighted by atomic mass is 10.2. The molecule has 1 rings (SSSR count). The van der Waals surface area contributed by atoms with Crippen LogP contribution in [0.3, 0.4) is 0 Å². The summed E-state index contributed by atoms with van der Waals surface area (Å²) in [5.41, 5.74) is 0. The lowest BCUT2D eigenvalue weighted by molar-refractivity contribution is -0.119. The number of hydrogen-bond donors (Lipinski definition) is 1. The van der Waals surface area contributed by atoms with Crippen molar-refractivity contribution in [3.8, 4) is 0 Å². The first-order chi connectivity index (χ1) is 6.27. The summed E-state index contributed by atoms with van der Waals surface area (Å²) < 4.78 is 0. The molecule has 0 aliphatic heterocycles. The summed E-state index contributed by atoms with van der Waals surface area (Å²) in [5, 5.41) is 4.86. The summed E-state index contributed by atoms with van der Waals surface area (Å²) >= 11 is 7.06. The van der Waals surface area contributed by atoms with Gasteiger partial charge in [0.25, 0.3) is 0 Å². The highest BCUT2D eigenvalue weighted by Crippen LogP contribution is 2.21. The maximum Gasteiger partial charge on any atom is 0.235 e. The Bertz CT molecular complexity index is 261. The minimum atomic E-state index is -0.109. The highest BCUT2D eigenvalue weighted by atomic mass is 35.5. The van der Waals surface area contributed by atoms with E-state index < -0.39 is 0 Å². The van der Waals surface area contributed by atoms with Gasteiger partial charge in [-0.2, -0.15) is 0 Å². The highest BCUT2D eigenvalue weighted by molar-refractivity contribution is 7.10. The maximum atomic E-state index is 11.0. The Balaban J connectivity index is 2.58. The Hall–Kier alpha value is -0.540. The van der Waals surface area contributed by atoms with Gasteiger partial charge in [-0.3, -0.25) is 4.79 Å². The third-order valence-electron chi connectivity index (χ3n) is 1.75. The van der Waals surface area contributed by atoms with E-state index in [1.165, 1.54) is 4.88 Å². The quantitative estimate of drug-likeness (QED) is 0.772. The topological polar surface area (TPSA) is 29.1 Å². The van der Waals surface area contributed by atoms with Crippen molar-refractivity contribution < 1.29 is 4.79 Å². The minimum absolute atomic E-state index is 0.0296. The van der Waals surface area contributed by atoms with Crippen molar-refractivity contribution in [3.05, 3.63) is 22.4 Å². The number of halogens is 1. The fourth-order valence-electron chi connectivity index (χ4n) is 1.10. The molecule has 13 heavy (non-hydrogen) atoms. The smallest absolute Gasteiger partial charge is 0.235 e. The molecule has 0 fully saturated rings. The molecular formula is C9H12ClNOS. The molecule has 1 aromatic heterocycles. The number of nitrogens with one attached hydrogen (secondary N) is 1. The zero-order valence-electron chi connectivity index (χ0n) is 7.42. The van der Waals surface area contributed by atoms with Crippen LogP contribution in [0.25, 0.3) is 0 Å². The van der Waals surface area contributed by atoms with Crippen molar-refractivity contribution in [3.63, 3.8) is 0 Å². The van der Waals surface area contributed by atoms with Crippen LogP contribution in [0, 0.1) is 0 Å². The lowest BCUT2D eigenvalue weighted by Gasteiger charge is -2.13. The van der Waals surface area contributed by atoms with E-state index >= 15 is 0 Å². The molecule has 1 atom stereocenters. The molecule has 0 bridgehead atoms. The van der Waals surface area contributed by atoms with Crippen molar-refractivity contribution >= 4 is 28.8 Å². The van der Waals surface area contributed by atoms with E-state index in [4.69, 9.17) is 11.6 Å². The predicted molar refractivity (Wildman–Crippen MR) is 56.2 cm³/mol. The fraction of sp³-hybridized carbons (Fsp3) is 0.444. The van der Waals surface area contributed by atoms with Crippen LogP contribution in [0.5, 0.6) is 0 Å². The largest absolute Gasteiger partial charge is 0.347 e. The summed E-state index contributed by atoms with van der Waals surface area (Å²) in [4.78, 5) is 12.2. The molecule has 1 heterocycles. The molecule has 1 amide bonds. The third kappa shape index (κ3) is 3.01. The van der Waals surface area contributed by atoms with Crippen LogP contribution < -0.4 is 5.32 Å². The van der Waals surface area contributed by atoms with Crippen molar-refractivity contribution in [2.24, 2.45) is 0 Å². The van der Waals surface area contributed by atoms with Gasteiger partial charge in [-0.1, -0.05) is 13.0 Å². The van der Waals surface area contributed by atoms with Gasteiger partial charge in [0.1, 0.15) is 5.88 Å². The van der Waals surface area contributed by atoms with Gasteiger partial charge < -0.3 is 5.32 Å². The summed E-state index contributed by atoms with van der Waals surface area (Å²) in [6.45, 7) is 2.04. The molecule has 4 heteroatoms. The van der Waals surface area contributed by atoms with Gasteiger partial charge in [-0.05, 0) is 17.9 Å². The highest BCUT2D eigenvalue weighted by Gasteiger charge is 2.11. The Kier molecular flexibility index (Phi) is 4.25. The van der Waals surface area contributed by atoms with Gasteiger partial charge in [-0.15, -0.1) is 22.9 Å². The zero-order chi connectivity index (χ0) is 9.68. The van der Waals surface area contributed by atoms with Crippen LogP contribution in [0.15, 0.2) is 17.5 Å². The van der Waals surface area contributed by atoms with Gasteiger partial charge in [-0.25, -0.2) is 0 Å². The van der Waals surface area contributed by atoms with Crippen LogP contribution in [-0.4, -0.2) is 11.8 Å². The molecule has 0 spiro atoms. The van der Waals surface area contributed by atoms with E-state index in [9.17, 15) is 4.79 Å². The van der Waals surface area contributed by atoms with Gasteiger partial charge in [0.2, 0.25) is 5.91 Å². The summed E-state index contributed by atoms with van der Waals surface area (Å²) in [6.07, 6.45) is 0.892. The summed E-state index contributed by atoms with van der Waals surface area (Å²) in [7, 11) is 0. The van der Waals surface area contributed by atoms with Crippen molar-refractivity contribution in [1.82, 2.24) is 5.32 Å². The molecule has 72 valence electrons. The molecule has 0 aliphatic rings. The molecule has 1 N–H and O–H groups in total. The number of carbonyl (C=O) groups excluding carboxylic acids is 1. The molecule has 0 saturated heterocycles. The lowest BCUT2D eigenvalue weighted by Crippen LogP contribution is -2.28. The maximum absolute atomic E-state index is 11.0. The normalized spacial score (nSPS) is 12.5. The Morgan fingerprint density at radius 1 is 1.77 bits per heavy atom. The van der Waals surface area contributed by atoms with E-state index in [1.807, 2.05) is 24.4 Å². The average molecular weight is 218 g/mol. The number of alkyl halides is 1. The number of amides is 1. The predicted octanol–water partition coefficient (Wildman–Crippen LogP) is 2.55. The molecule has 1 unspecified atom stereocenters. The monoisotopic (exact) mass is 217 g/mol. The number of carbonyl (C=O) groups is 1. The van der Waals surface area contributed by atoms with Crippen molar-refractivity contribution in [1.29, 1.82) is 0 Å². The molecule has 0 aliphatic carbocycles. The minimum Gasteiger partial charge on any atom is -0.347 e. The molecule has 1 aromatic rings. The molecular weight excluding hydrogens is 206 g/mol. The van der Waals surface area contributed by atoms with Crippen LogP contribution >= 0.6 is 22.9 Å². The van der Waals surface area contributed by atoms with E-state index in [0.717, 1.165) is 6.42 Å². The Labute approximate surface area is 86.9 Å². The van der Waals surface area contributed by atoms with Gasteiger partial charge in [0.15, 0.2) is 0 Å². The number of rotatable bonds is 4. The van der Waals surface area contributed by atoms with Crippen LogP contribution in [0.2, 0.25) is 0 Å². The molecule has 0 radical (unpaired) electrons. The average Bonchev–Trinajstić information content (AvgIpc) is 2.66. The first kappa shape index (κ1) is 10.5. The van der Waals surface area contributed by atoms with Crippen LogP contribution in [-0.2, 0) is 4.79 Å². The standard InChI is InChI=1S/C9H12ClNOS/c1-2-7(11-9(12)6-10)8-4-3-5-13-8/h3-5,7H,2,6H2,1H3,(H,11,12). The number of hydrogen-bond acceptors (Lipinski definition) is 2. The van der Waals surface area contributed by atoms with E-state index in [-0.39, 0.29) is 17.8 Å². The van der Waals surface area contributed by atoms with Crippen LogP contribution in [0.4, 0.5) is 0 Å². The summed E-state index contributed by atoms with van der Waals surface area (Å²) in [5.74, 6) is -0.0797. The summed E-state index contributed by atoms with van der Waals surface area (Å²) in [6, 6.07) is 4.12. The first-order valence-electron chi connectivity index (χ1n) is 4.16. The SMILES string of the molecule is CCC(NC(=O)CCl)c1cccs1. The second kappa shape index (κ2) is 5.25. The zero-order valence-corrected chi connectivity index (χ0v) is 8.99. The third-order valence-corrected chi connectivity index (χ3v) is 2.98. The molecule has 2 nitrogen and oxygen atoms in total. The van der Waals surface area contributed by atoms with Gasteiger partial charge in [0.05, 0.1) is 6.04 Å². The molecule has 0 aromatic carbocycles. The van der Waals surface area contributed by atoms with Crippen molar-refractivity contribution in [2.75, 3.05) is 5.88 Å². The van der Waals surface area contributed by atoms with E-state index in [1.54, 1.807) is 11.3 Å².